The largest absolute Gasteiger partial charge is 0.312 e. The average Bonchev–Trinajstić information content (AvgIpc) is 3.42. The van der Waals surface area contributed by atoms with Crippen molar-refractivity contribution in [3.8, 4) is 5.69 Å². The molecule has 172 valence electrons. The lowest BCUT2D eigenvalue weighted by Crippen LogP contribution is -2.37. The van der Waals surface area contributed by atoms with Crippen LogP contribution >= 0.6 is 11.6 Å². The monoisotopic (exact) mass is 476 g/mol. The number of amides is 2. The van der Waals surface area contributed by atoms with E-state index >= 15 is 0 Å². The van der Waals surface area contributed by atoms with Crippen LogP contribution in [0.1, 0.15) is 17.5 Å². The molecule has 10 heteroatoms. The molecule has 1 unspecified atom stereocenters. The molecule has 2 aromatic heterocycles. The zero-order valence-electron chi connectivity index (χ0n) is 18.5. The first-order valence-electron chi connectivity index (χ1n) is 10.7. The van der Waals surface area contributed by atoms with Crippen molar-refractivity contribution < 1.29 is 9.59 Å². The lowest BCUT2D eigenvalue weighted by atomic mass is 10.1. The standard InChI is InChI=1S/C24H21ClN6O3/c1-14-6-7-18(8-15(14)2)29-12-16(9-21(29)32)23(33)28-30-13-26-22-20(24(30)34)11-27-31(22)19-5-3-4-17(25)10-19/h3-8,10-11,13,16H,9,12H2,1-2H3,(H,28,33). The minimum atomic E-state index is -0.592. The molecule has 0 bridgehead atoms. The lowest BCUT2D eigenvalue weighted by molar-refractivity contribution is -0.123. The van der Waals surface area contributed by atoms with E-state index in [9.17, 15) is 14.4 Å². The summed E-state index contributed by atoms with van der Waals surface area (Å²) in [7, 11) is 0. The predicted molar refractivity (Wildman–Crippen MR) is 129 cm³/mol. The van der Waals surface area contributed by atoms with Gasteiger partial charge >= 0.3 is 0 Å². The van der Waals surface area contributed by atoms with Gasteiger partial charge in [0.05, 0.1) is 17.8 Å². The van der Waals surface area contributed by atoms with Gasteiger partial charge in [-0.2, -0.15) is 5.10 Å². The summed E-state index contributed by atoms with van der Waals surface area (Å²) in [6.07, 6.45) is 2.70. The van der Waals surface area contributed by atoms with Gasteiger partial charge in [-0.1, -0.05) is 23.7 Å². The molecule has 4 aromatic rings. The molecule has 1 fully saturated rings. The molecule has 3 heterocycles. The molecule has 0 saturated carbocycles. The van der Waals surface area contributed by atoms with Crippen molar-refractivity contribution in [2.45, 2.75) is 20.3 Å². The van der Waals surface area contributed by atoms with Crippen LogP contribution in [-0.4, -0.2) is 37.8 Å². The van der Waals surface area contributed by atoms with Gasteiger partial charge in [-0.15, -0.1) is 0 Å². The van der Waals surface area contributed by atoms with E-state index in [1.807, 2.05) is 32.0 Å². The van der Waals surface area contributed by atoms with E-state index < -0.39 is 17.4 Å². The number of nitrogens with zero attached hydrogens (tertiary/aromatic N) is 5. The fourth-order valence-corrected chi connectivity index (χ4v) is 4.21. The smallest absolute Gasteiger partial charge is 0.283 e. The Morgan fingerprint density at radius 3 is 2.68 bits per heavy atom. The number of fused-ring (bicyclic) bond motifs is 1. The van der Waals surface area contributed by atoms with Gasteiger partial charge in [-0.25, -0.2) is 14.3 Å². The Morgan fingerprint density at radius 1 is 1.09 bits per heavy atom. The first-order valence-corrected chi connectivity index (χ1v) is 11.1. The van der Waals surface area contributed by atoms with Crippen molar-refractivity contribution in [1.82, 2.24) is 19.4 Å². The maximum absolute atomic E-state index is 13.0. The van der Waals surface area contributed by atoms with Crippen LogP contribution in [-0.2, 0) is 9.59 Å². The molecule has 2 amide bonds. The molecule has 1 N–H and O–H groups in total. The summed E-state index contributed by atoms with van der Waals surface area (Å²) in [6, 6.07) is 12.8. The zero-order valence-corrected chi connectivity index (χ0v) is 19.3. The minimum Gasteiger partial charge on any atom is -0.312 e. The quantitative estimate of drug-likeness (QED) is 0.488. The Labute approximate surface area is 199 Å². The van der Waals surface area contributed by atoms with Crippen LogP contribution in [0.15, 0.2) is 59.8 Å². The van der Waals surface area contributed by atoms with Crippen LogP contribution < -0.4 is 15.9 Å². The fraction of sp³-hybridized carbons (Fsp3) is 0.208. The molecule has 5 rings (SSSR count). The van der Waals surface area contributed by atoms with Crippen molar-refractivity contribution in [3.63, 3.8) is 0 Å². The second-order valence-electron chi connectivity index (χ2n) is 8.34. The van der Waals surface area contributed by atoms with E-state index in [2.05, 4.69) is 15.5 Å². The highest BCUT2D eigenvalue weighted by molar-refractivity contribution is 6.30. The number of benzene rings is 2. The number of carbonyl (C=O) groups is 2. The van der Waals surface area contributed by atoms with Crippen LogP contribution in [0.4, 0.5) is 5.69 Å². The normalized spacial score (nSPS) is 15.8. The molecule has 2 aromatic carbocycles. The Hall–Kier alpha value is -3.98. The SMILES string of the molecule is Cc1ccc(N2CC(C(=O)Nn3cnc4c(cnn4-c4cccc(Cl)c4)c3=O)CC2=O)cc1C. The third-order valence-corrected chi connectivity index (χ3v) is 6.31. The Kier molecular flexibility index (Phi) is 5.41. The number of anilines is 1. The van der Waals surface area contributed by atoms with Gasteiger partial charge in [0.1, 0.15) is 11.7 Å². The summed E-state index contributed by atoms with van der Waals surface area (Å²) in [4.78, 5) is 44.4. The van der Waals surface area contributed by atoms with Crippen molar-refractivity contribution in [1.29, 1.82) is 0 Å². The lowest BCUT2D eigenvalue weighted by Gasteiger charge is -2.18. The van der Waals surface area contributed by atoms with Gasteiger partial charge in [-0.05, 0) is 55.3 Å². The second-order valence-corrected chi connectivity index (χ2v) is 8.78. The van der Waals surface area contributed by atoms with Gasteiger partial charge < -0.3 is 4.90 Å². The minimum absolute atomic E-state index is 0.0654. The number of halogens is 1. The van der Waals surface area contributed by atoms with Crippen molar-refractivity contribution in [2.24, 2.45) is 5.92 Å². The van der Waals surface area contributed by atoms with E-state index in [1.54, 1.807) is 29.2 Å². The number of rotatable bonds is 4. The van der Waals surface area contributed by atoms with Crippen molar-refractivity contribution in [3.05, 3.63) is 81.5 Å². The van der Waals surface area contributed by atoms with Gasteiger partial charge in [0.2, 0.25) is 11.8 Å². The van der Waals surface area contributed by atoms with Crippen LogP contribution in [0, 0.1) is 19.8 Å². The summed E-state index contributed by atoms with van der Waals surface area (Å²) < 4.78 is 2.53. The van der Waals surface area contributed by atoms with Crippen LogP contribution in [0.2, 0.25) is 5.02 Å². The molecule has 1 saturated heterocycles. The van der Waals surface area contributed by atoms with Crippen LogP contribution in [0.3, 0.4) is 0 Å². The molecule has 0 spiro atoms. The van der Waals surface area contributed by atoms with Crippen LogP contribution in [0.25, 0.3) is 16.7 Å². The fourth-order valence-electron chi connectivity index (χ4n) is 4.02. The van der Waals surface area contributed by atoms with E-state index in [0.29, 0.717) is 16.4 Å². The van der Waals surface area contributed by atoms with Crippen molar-refractivity contribution >= 4 is 40.1 Å². The number of hydrogen-bond donors (Lipinski definition) is 1. The zero-order chi connectivity index (χ0) is 24.0. The first kappa shape index (κ1) is 21.8. The second kappa shape index (κ2) is 8.42. The molecular formula is C24H21ClN6O3. The summed E-state index contributed by atoms with van der Waals surface area (Å²) >= 11 is 6.06. The number of nitrogens with one attached hydrogen (secondary N) is 1. The molecule has 1 aliphatic rings. The molecule has 1 atom stereocenters. The summed E-state index contributed by atoms with van der Waals surface area (Å²) in [5.41, 5.74) is 6.08. The highest BCUT2D eigenvalue weighted by Gasteiger charge is 2.35. The molecule has 0 radical (unpaired) electrons. The van der Waals surface area contributed by atoms with E-state index in [1.165, 1.54) is 17.2 Å². The Morgan fingerprint density at radius 2 is 1.91 bits per heavy atom. The topological polar surface area (TPSA) is 102 Å². The maximum Gasteiger partial charge on any atom is 0.283 e. The Balaban J connectivity index is 1.36. The molecule has 9 nitrogen and oxygen atoms in total. The molecule has 1 aliphatic heterocycles. The third kappa shape index (κ3) is 3.84. The average molecular weight is 477 g/mol. The summed E-state index contributed by atoms with van der Waals surface area (Å²) in [6.45, 7) is 4.22. The molecular weight excluding hydrogens is 456 g/mol. The van der Waals surface area contributed by atoms with Crippen molar-refractivity contribution in [2.75, 3.05) is 16.9 Å². The molecule has 34 heavy (non-hydrogen) atoms. The summed E-state index contributed by atoms with van der Waals surface area (Å²) in [5.74, 6) is -1.15. The number of aromatic nitrogens is 4. The molecule has 0 aliphatic carbocycles. The van der Waals surface area contributed by atoms with E-state index in [4.69, 9.17) is 11.6 Å². The van der Waals surface area contributed by atoms with E-state index in [0.717, 1.165) is 21.5 Å². The highest BCUT2D eigenvalue weighted by atomic mass is 35.5. The first-order chi connectivity index (χ1) is 16.3. The summed E-state index contributed by atoms with van der Waals surface area (Å²) in [5, 5.41) is 5.02. The predicted octanol–water partition coefficient (Wildman–Crippen LogP) is 2.98. The van der Waals surface area contributed by atoms with Gasteiger partial charge in [0.15, 0.2) is 5.65 Å². The van der Waals surface area contributed by atoms with Gasteiger partial charge in [-0.3, -0.25) is 19.8 Å². The van der Waals surface area contributed by atoms with Gasteiger partial charge in [0, 0.05) is 23.7 Å². The third-order valence-electron chi connectivity index (χ3n) is 6.07. The van der Waals surface area contributed by atoms with Gasteiger partial charge in [0.25, 0.3) is 5.56 Å². The van der Waals surface area contributed by atoms with E-state index in [-0.39, 0.29) is 24.3 Å². The van der Waals surface area contributed by atoms with Crippen LogP contribution in [0.5, 0.6) is 0 Å². The number of hydrogen-bond acceptors (Lipinski definition) is 5. The number of aryl methyl sites for hydroxylation is 2. The highest BCUT2D eigenvalue weighted by Crippen LogP contribution is 2.27. The maximum atomic E-state index is 13.0. The number of carbonyl (C=O) groups excluding carboxylic acids is 2. The Bertz CT molecular complexity index is 1510.